The fraction of sp³-hybridized carbons (Fsp3) is 0.467. The van der Waals surface area contributed by atoms with Gasteiger partial charge in [0.1, 0.15) is 0 Å². The van der Waals surface area contributed by atoms with Crippen molar-refractivity contribution in [3.8, 4) is 0 Å². The highest BCUT2D eigenvalue weighted by atomic mass is 127. The molecule has 0 radical (unpaired) electrons. The average Bonchev–Trinajstić information content (AvgIpc) is 2.37. The number of hydrogen-bond acceptors (Lipinski definition) is 2. The van der Waals surface area contributed by atoms with Crippen LogP contribution in [0.3, 0.4) is 0 Å². The fourth-order valence-corrected chi connectivity index (χ4v) is 3.28. The summed E-state index contributed by atoms with van der Waals surface area (Å²) in [6, 6.07) is 7.84. The summed E-state index contributed by atoms with van der Waals surface area (Å²) in [5.74, 6) is -0.975. The Bertz CT molecular complexity index is 518. The van der Waals surface area contributed by atoms with E-state index in [1.807, 2.05) is 31.2 Å². The van der Waals surface area contributed by atoms with Crippen molar-refractivity contribution in [3.05, 3.63) is 33.4 Å². The second kappa shape index (κ2) is 6.56. The lowest BCUT2D eigenvalue weighted by molar-refractivity contribution is -0.146. The smallest absolute Gasteiger partial charge is 0.308 e. The van der Waals surface area contributed by atoms with Crippen molar-refractivity contribution in [2.45, 2.75) is 19.8 Å². The van der Waals surface area contributed by atoms with Crippen LogP contribution in [-0.4, -0.2) is 35.0 Å². The maximum Gasteiger partial charge on any atom is 0.308 e. The van der Waals surface area contributed by atoms with E-state index in [-0.39, 0.29) is 11.8 Å². The minimum Gasteiger partial charge on any atom is -0.481 e. The van der Waals surface area contributed by atoms with Gasteiger partial charge in [-0.2, -0.15) is 0 Å². The van der Waals surface area contributed by atoms with Gasteiger partial charge >= 0.3 is 5.97 Å². The molecule has 2 atom stereocenters. The van der Waals surface area contributed by atoms with E-state index in [1.165, 1.54) is 0 Å². The first-order valence-electron chi connectivity index (χ1n) is 6.70. The largest absolute Gasteiger partial charge is 0.481 e. The first-order valence-corrected chi connectivity index (χ1v) is 7.78. The number of benzene rings is 1. The van der Waals surface area contributed by atoms with Crippen LogP contribution in [0.2, 0.25) is 0 Å². The molecule has 1 aromatic rings. The molecular formula is C15H18INO3. The van der Waals surface area contributed by atoms with Gasteiger partial charge in [0.25, 0.3) is 0 Å². The Hall–Kier alpha value is -1.11. The second-order valence-corrected chi connectivity index (χ2v) is 6.73. The Balaban J connectivity index is 2.03. The van der Waals surface area contributed by atoms with E-state index in [0.29, 0.717) is 25.9 Å². The van der Waals surface area contributed by atoms with Crippen LogP contribution >= 0.6 is 22.6 Å². The number of hydrogen-bond donors (Lipinski definition) is 1. The summed E-state index contributed by atoms with van der Waals surface area (Å²) < 4.78 is 1.10. The Morgan fingerprint density at radius 3 is 2.80 bits per heavy atom. The van der Waals surface area contributed by atoms with E-state index in [4.69, 9.17) is 5.11 Å². The highest BCUT2D eigenvalue weighted by molar-refractivity contribution is 14.1. The molecule has 2 rings (SSSR count). The molecule has 0 aliphatic carbocycles. The monoisotopic (exact) mass is 387 g/mol. The highest BCUT2D eigenvalue weighted by Gasteiger charge is 2.31. The van der Waals surface area contributed by atoms with Gasteiger partial charge in [0.2, 0.25) is 5.91 Å². The molecule has 1 amide bonds. The predicted molar refractivity (Wildman–Crippen MR) is 84.3 cm³/mol. The van der Waals surface area contributed by atoms with Gasteiger partial charge in [-0.25, -0.2) is 0 Å². The van der Waals surface area contributed by atoms with Crippen molar-refractivity contribution in [2.75, 3.05) is 13.1 Å². The van der Waals surface area contributed by atoms with Crippen LogP contribution in [-0.2, 0) is 16.0 Å². The molecular weight excluding hydrogens is 369 g/mol. The van der Waals surface area contributed by atoms with Crippen LogP contribution in [0, 0.1) is 15.4 Å². The predicted octanol–water partition coefficient (Wildman–Crippen LogP) is 2.40. The summed E-state index contributed by atoms with van der Waals surface area (Å²) >= 11 is 2.22. The molecule has 0 bridgehead atoms. The van der Waals surface area contributed by atoms with Gasteiger partial charge in [-0.3, -0.25) is 9.59 Å². The van der Waals surface area contributed by atoms with Crippen molar-refractivity contribution in [1.29, 1.82) is 0 Å². The minimum atomic E-state index is -0.802. The summed E-state index contributed by atoms with van der Waals surface area (Å²) in [7, 11) is 0. The molecule has 20 heavy (non-hydrogen) atoms. The van der Waals surface area contributed by atoms with Crippen LogP contribution in [0.15, 0.2) is 24.3 Å². The lowest BCUT2D eigenvalue weighted by Gasteiger charge is -2.34. The zero-order valence-electron chi connectivity index (χ0n) is 11.4. The number of carbonyl (C=O) groups is 2. The Labute approximate surface area is 132 Å². The number of aliphatic carboxylic acids is 1. The van der Waals surface area contributed by atoms with Crippen molar-refractivity contribution < 1.29 is 14.7 Å². The summed E-state index contributed by atoms with van der Waals surface area (Å²) in [6.07, 6.45) is 0.998. The van der Waals surface area contributed by atoms with Crippen molar-refractivity contribution in [3.63, 3.8) is 0 Å². The normalized spacial score (nSPS) is 22.6. The molecule has 4 nitrogen and oxygen atoms in total. The molecule has 5 heteroatoms. The van der Waals surface area contributed by atoms with E-state index >= 15 is 0 Å². The maximum atomic E-state index is 12.3. The fourth-order valence-electron chi connectivity index (χ4n) is 2.67. The topological polar surface area (TPSA) is 57.6 Å². The number of amides is 1. The average molecular weight is 387 g/mol. The van der Waals surface area contributed by atoms with Gasteiger partial charge in [0, 0.05) is 16.7 Å². The standard InChI is InChI=1S/C15H18INO3/c1-10-5-12(15(19)20)9-17(8-10)14(18)7-11-3-2-4-13(16)6-11/h2-4,6,10,12H,5,7-9H2,1H3,(H,19,20). The molecule has 0 aromatic heterocycles. The zero-order chi connectivity index (χ0) is 14.7. The number of piperidine rings is 1. The minimum absolute atomic E-state index is 0.0183. The number of carboxylic acids is 1. The molecule has 108 valence electrons. The quantitative estimate of drug-likeness (QED) is 0.811. The summed E-state index contributed by atoms with van der Waals surface area (Å²) in [4.78, 5) is 25.2. The summed E-state index contributed by atoms with van der Waals surface area (Å²) in [5, 5.41) is 9.14. The van der Waals surface area contributed by atoms with Crippen LogP contribution in [0.4, 0.5) is 0 Å². The first kappa shape index (κ1) is 15.3. The number of rotatable bonds is 3. The van der Waals surface area contributed by atoms with Gasteiger partial charge in [-0.15, -0.1) is 0 Å². The van der Waals surface area contributed by atoms with Crippen molar-refractivity contribution in [1.82, 2.24) is 4.90 Å². The van der Waals surface area contributed by atoms with E-state index < -0.39 is 11.9 Å². The van der Waals surface area contributed by atoms with Gasteiger partial charge in [-0.05, 0) is 52.6 Å². The number of likely N-dealkylation sites (tertiary alicyclic amines) is 1. The molecule has 2 unspecified atom stereocenters. The lowest BCUT2D eigenvalue weighted by Crippen LogP contribution is -2.46. The Morgan fingerprint density at radius 1 is 1.40 bits per heavy atom. The van der Waals surface area contributed by atoms with E-state index in [9.17, 15) is 9.59 Å². The van der Waals surface area contributed by atoms with Crippen molar-refractivity contribution >= 4 is 34.5 Å². The molecule has 1 aliphatic rings. The highest BCUT2D eigenvalue weighted by Crippen LogP contribution is 2.22. The molecule has 1 fully saturated rings. The Kier molecular flexibility index (Phi) is 5.01. The van der Waals surface area contributed by atoms with Gasteiger partial charge in [-0.1, -0.05) is 19.1 Å². The molecule has 0 saturated carbocycles. The van der Waals surface area contributed by atoms with E-state index in [1.54, 1.807) is 4.90 Å². The van der Waals surface area contributed by atoms with Crippen LogP contribution < -0.4 is 0 Å². The number of carboxylic acid groups (broad SMARTS) is 1. The van der Waals surface area contributed by atoms with Crippen LogP contribution in [0.5, 0.6) is 0 Å². The molecule has 1 aromatic carbocycles. The third-order valence-corrected chi connectivity index (χ3v) is 4.28. The zero-order valence-corrected chi connectivity index (χ0v) is 13.5. The SMILES string of the molecule is CC1CC(C(=O)O)CN(C(=O)Cc2cccc(I)c2)C1. The van der Waals surface area contributed by atoms with Crippen molar-refractivity contribution in [2.24, 2.45) is 11.8 Å². The van der Waals surface area contributed by atoms with Gasteiger partial charge < -0.3 is 10.0 Å². The van der Waals surface area contributed by atoms with Crippen LogP contribution in [0.25, 0.3) is 0 Å². The second-order valence-electron chi connectivity index (χ2n) is 5.48. The molecule has 0 spiro atoms. The summed E-state index contributed by atoms with van der Waals surface area (Å²) in [6.45, 7) is 3.00. The molecule has 1 aliphatic heterocycles. The summed E-state index contributed by atoms with van der Waals surface area (Å²) in [5.41, 5.74) is 0.979. The molecule has 1 saturated heterocycles. The van der Waals surface area contributed by atoms with Gasteiger partial charge in [0.05, 0.1) is 12.3 Å². The van der Waals surface area contributed by atoms with Crippen LogP contribution in [0.1, 0.15) is 18.9 Å². The maximum absolute atomic E-state index is 12.3. The third-order valence-electron chi connectivity index (χ3n) is 3.61. The Morgan fingerprint density at radius 2 is 2.15 bits per heavy atom. The lowest BCUT2D eigenvalue weighted by atomic mass is 9.90. The third kappa shape index (κ3) is 3.94. The number of nitrogens with zero attached hydrogens (tertiary/aromatic N) is 1. The molecule has 1 heterocycles. The van der Waals surface area contributed by atoms with E-state index in [0.717, 1.165) is 9.13 Å². The van der Waals surface area contributed by atoms with Gasteiger partial charge in [0.15, 0.2) is 0 Å². The first-order chi connectivity index (χ1) is 9.45. The molecule has 1 N–H and O–H groups in total. The number of carbonyl (C=O) groups excluding carboxylic acids is 1. The van der Waals surface area contributed by atoms with E-state index in [2.05, 4.69) is 22.6 Å². The number of halogens is 1.